The van der Waals surface area contributed by atoms with Crippen LogP contribution < -0.4 is 0 Å². The quantitative estimate of drug-likeness (QED) is 0.443. The first-order chi connectivity index (χ1) is 11.4. The molecule has 24 heavy (non-hydrogen) atoms. The van der Waals surface area contributed by atoms with E-state index in [2.05, 4.69) is 0 Å². The summed E-state index contributed by atoms with van der Waals surface area (Å²) in [6.45, 7) is 0.365. The topological polar surface area (TPSA) is 63.5 Å². The van der Waals surface area contributed by atoms with E-state index in [1.807, 2.05) is 18.2 Å². The van der Waals surface area contributed by atoms with Crippen LogP contribution in [-0.2, 0) is 11.3 Å². The zero-order chi connectivity index (χ0) is 17.7. The van der Waals surface area contributed by atoms with E-state index in [-0.39, 0.29) is 16.6 Å². The van der Waals surface area contributed by atoms with E-state index in [0.717, 1.165) is 5.56 Å². The minimum atomic E-state index is -0.564. The number of rotatable bonds is 5. The molecule has 5 nitrogen and oxygen atoms in total. The fourth-order valence-corrected chi connectivity index (χ4v) is 2.41. The highest BCUT2D eigenvalue weighted by Crippen LogP contribution is 2.25. The van der Waals surface area contributed by atoms with Crippen LogP contribution in [0.15, 0.2) is 48.5 Å². The standard InChI is InChI=1S/C17H14Cl2N2O3/c1-20(11-13-4-2-3-5-14(13)18)17(22)9-7-12-6-8-15(19)16(10-12)21(23)24/h2-10H,11H2,1H3/b9-7+. The van der Waals surface area contributed by atoms with E-state index in [9.17, 15) is 14.9 Å². The van der Waals surface area contributed by atoms with E-state index in [4.69, 9.17) is 23.2 Å². The van der Waals surface area contributed by atoms with E-state index >= 15 is 0 Å². The molecule has 0 saturated heterocycles. The van der Waals surface area contributed by atoms with Gasteiger partial charge in [-0.3, -0.25) is 14.9 Å². The Bertz CT molecular complexity index is 806. The fraction of sp³-hybridized carbons (Fsp3) is 0.118. The molecule has 2 aromatic carbocycles. The molecule has 0 aliphatic heterocycles. The maximum absolute atomic E-state index is 12.2. The highest BCUT2D eigenvalue weighted by molar-refractivity contribution is 6.32. The molecule has 7 heteroatoms. The Morgan fingerprint density at radius 1 is 1.21 bits per heavy atom. The van der Waals surface area contributed by atoms with Crippen molar-refractivity contribution in [2.75, 3.05) is 7.05 Å². The van der Waals surface area contributed by atoms with Crippen molar-refractivity contribution in [3.05, 3.63) is 79.8 Å². The van der Waals surface area contributed by atoms with Crippen LogP contribution in [0.25, 0.3) is 6.08 Å². The third-order valence-electron chi connectivity index (χ3n) is 3.33. The largest absolute Gasteiger partial charge is 0.338 e. The second-order valence-electron chi connectivity index (χ2n) is 5.09. The van der Waals surface area contributed by atoms with Gasteiger partial charge in [0.15, 0.2) is 0 Å². The summed E-state index contributed by atoms with van der Waals surface area (Å²) in [5, 5.41) is 11.5. The van der Waals surface area contributed by atoms with E-state index < -0.39 is 4.92 Å². The first-order valence-electron chi connectivity index (χ1n) is 6.99. The summed E-state index contributed by atoms with van der Waals surface area (Å²) in [5.41, 5.74) is 1.16. The Hall–Kier alpha value is -2.37. The smallest absolute Gasteiger partial charge is 0.288 e. The van der Waals surface area contributed by atoms with Crippen molar-refractivity contribution in [3.8, 4) is 0 Å². The lowest BCUT2D eigenvalue weighted by atomic mass is 10.2. The lowest BCUT2D eigenvalue weighted by Gasteiger charge is -2.16. The van der Waals surface area contributed by atoms with Crippen LogP contribution in [0, 0.1) is 10.1 Å². The van der Waals surface area contributed by atoms with Crippen molar-refractivity contribution in [3.63, 3.8) is 0 Å². The first kappa shape index (κ1) is 18.0. The number of nitrogens with zero attached hydrogens (tertiary/aromatic N) is 2. The summed E-state index contributed by atoms with van der Waals surface area (Å²) < 4.78 is 0. The van der Waals surface area contributed by atoms with Crippen LogP contribution in [0.3, 0.4) is 0 Å². The number of halogens is 2. The summed E-state index contributed by atoms with van der Waals surface area (Å²) in [6, 6.07) is 11.6. The minimum absolute atomic E-state index is 0.0549. The lowest BCUT2D eigenvalue weighted by Crippen LogP contribution is -2.24. The number of hydrogen-bond donors (Lipinski definition) is 0. The molecule has 2 aromatic rings. The van der Waals surface area contributed by atoms with E-state index in [1.54, 1.807) is 19.2 Å². The molecule has 0 atom stereocenters. The molecule has 0 bridgehead atoms. The van der Waals surface area contributed by atoms with Crippen LogP contribution in [0.4, 0.5) is 5.69 Å². The second kappa shape index (κ2) is 7.95. The minimum Gasteiger partial charge on any atom is -0.338 e. The molecule has 0 heterocycles. The summed E-state index contributed by atoms with van der Waals surface area (Å²) in [7, 11) is 1.65. The molecule has 0 N–H and O–H groups in total. The van der Waals surface area contributed by atoms with Gasteiger partial charge in [-0.1, -0.05) is 47.5 Å². The predicted octanol–water partition coefficient (Wildman–Crippen LogP) is 4.57. The summed E-state index contributed by atoms with van der Waals surface area (Å²) >= 11 is 11.8. The van der Waals surface area contributed by atoms with Gasteiger partial charge in [-0.15, -0.1) is 0 Å². The number of carbonyl (C=O) groups excluding carboxylic acids is 1. The Labute approximate surface area is 149 Å². The van der Waals surface area contributed by atoms with Gasteiger partial charge in [-0.05, 0) is 29.3 Å². The summed E-state index contributed by atoms with van der Waals surface area (Å²) in [6.07, 6.45) is 2.86. The molecule has 0 radical (unpaired) electrons. The van der Waals surface area contributed by atoms with Crippen LogP contribution >= 0.6 is 23.2 Å². The molecule has 0 saturated carbocycles. The molecule has 0 aliphatic carbocycles. The molecule has 0 aromatic heterocycles. The van der Waals surface area contributed by atoms with Crippen LogP contribution in [-0.4, -0.2) is 22.8 Å². The van der Waals surface area contributed by atoms with Crippen LogP contribution in [0.2, 0.25) is 10.0 Å². The summed E-state index contributed by atoms with van der Waals surface area (Å²) in [4.78, 5) is 24.0. The van der Waals surface area contributed by atoms with Gasteiger partial charge in [-0.25, -0.2) is 0 Å². The number of nitro benzene ring substituents is 1. The van der Waals surface area contributed by atoms with E-state index in [1.165, 1.54) is 29.2 Å². The summed E-state index contributed by atoms with van der Waals surface area (Å²) in [5.74, 6) is -0.243. The van der Waals surface area contributed by atoms with E-state index in [0.29, 0.717) is 17.1 Å². The van der Waals surface area contributed by atoms with Crippen molar-refractivity contribution < 1.29 is 9.72 Å². The van der Waals surface area contributed by atoms with Crippen LogP contribution in [0.5, 0.6) is 0 Å². The normalized spacial score (nSPS) is 10.8. The molecule has 2 rings (SSSR count). The maximum atomic E-state index is 12.2. The number of nitro groups is 1. The fourth-order valence-electron chi connectivity index (χ4n) is 2.03. The SMILES string of the molecule is CN(Cc1ccccc1Cl)C(=O)/C=C/c1ccc(Cl)c([N+](=O)[O-])c1. The third kappa shape index (κ3) is 4.57. The Morgan fingerprint density at radius 3 is 2.58 bits per heavy atom. The molecule has 124 valence electrons. The number of amides is 1. The number of benzene rings is 2. The van der Waals surface area contributed by atoms with Crippen molar-refractivity contribution in [2.24, 2.45) is 0 Å². The van der Waals surface area contributed by atoms with Crippen molar-refractivity contribution in [1.82, 2.24) is 4.90 Å². The zero-order valence-corrected chi connectivity index (χ0v) is 14.3. The zero-order valence-electron chi connectivity index (χ0n) is 12.8. The predicted molar refractivity (Wildman–Crippen MR) is 95.1 cm³/mol. The van der Waals surface area contributed by atoms with Gasteiger partial charge in [0.05, 0.1) is 4.92 Å². The highest BCUT2D eigenvalue weighted by atomic mass is 35.5. The molecule has 0 fully saturated rings. The molecular formula is C17H14Cl2N2O3. The van der Waals surface area contributed by atoms with Gasteiger partial charge in [-0.2, -0.15) is 0 Å². The average Bonchev–Trinajstić information content (AvgIpc) is 2.55. The number of likely N-dealkylation sites (N-methyl/N-ethyl adjacent to an activating group) is 1. The van der Waals surface area contributed by atoms with Gasteiger partial charge in [0.25, 0.3) is 5.69 Å². The van der Waals surface area contributed by atoms with Gasteiger partial charge >= 0.3 is 0 Å². The van der Waals surface area contributed by atoms with Gasteiger partial charge in [0, 0.05) is 30.8 Å². The highest BCUT2D eigenvalue weighted by Gasteiger charge is 2.12. The molecule has 1 amide bonds. The monoisotopic (exact) mass is 364 g/mol. The van der Waals surface area contributed by atoms with Gasteiger partial charge < -0.3 is 4.90 Å². The first-order valence-corrected chi connectivity index (χ1v) is 7.74. The van der Waals surface area contributed by atoms with Crippen LogP contribution in [0.1, 0.15) is 11.1 Å². The number of hydrogen-bond acceptors (Lipinski definition) is 3. The maximum Gasteiger partial charge on any atom is 0.288 e. The second-order valence-corrected chi connectivity index (χ2v) is 5.90. The van der Waals surface area contributed by atoms with Crippen molar-refractivity contribution in [2.45, 2.75) is 6.54 Å². The number of carbonyl (C=O) groups is 1. The Balaban J connectivity index is 2.08. The third-order valence-corrected chi connectivity index (χ3v) is 4.02. The van der Waals surface area contributed by atoms with Crippen molar-refractivity contribution >= 4 is 40.9 Å². The molecular weight excluding hydrogens is 351 g/mol. The Kier molecular flexibility index (Phi) is 5.95. The van der Waals surface area contributed by atoms with Crippen molar-refractivity contribution in [1.29, 1.82) is 0 Å². The average molecular weight is 365 g/mol. The Morgan fingerprint density at radius 2 is 1.92 bits per heavy atom. The van der Waals surface area contributed by atoms with Gasteiger partial charge in [0.1, 0.15) is 5.02 Å². The molecule has 0 spiro atoms. The molecule has 0 unspecified atom stereocenters. The van der Waals surface area contributed by atoms with Gasteiger partial charge in [0.2, 0.25) is 5.91 Å². The molecule has 0 aliphatic rings. The lowest BCUT2D eigenvalue weighted by molar-refractivity contribution is -0.384.